The second-order valence-corrected chi connectivity index (χ2v) is 12.0. The van der Waals surface area contributed by atoms with Crippen LogP contribution in [0, 0.1) is 11.6 Å². The first-order valence-corrected chi connectivity index (χ1v) is 13.7. The van der Waals surface area contributed by atoms with Crippen LogP contribution in [-0.2, 0) is 10.0 Å². The lowest BCUT2D eigenvalue weighted by molar-refractivity contribution is 0.381. The number of halogens is 6. The van der Waals surface area contributed by atoms with Gasteiger partial charge < -0.3 is 4.90 Å². The maximum Gasteiger partial charge on any atom is 0.247 e. The molecule has 2 heterocycles. The number of sulfonamides is 1. The molecule has 0 spiro atoms. The van der Waals surface area contributed by atoms with Crippen molar-refractivity contribution in [2.45, 2.75) is 4.90 Å². The van der Waals surface area contributed by atoms with Gasteiger partial charge in [-0.15, -0.1) is 11.3 Å². The van der Waals surface area contributed by atoms with Crippen molar-refractivity contribution < 1.29 is 17.2 Å². The zero-order chi connectivity index (χ0) is 23.2. The van der Waals surface area contributed by atoms with Crippen molar-refractivity contribution in [2.75, 3.05) is 31.1 Å². The molecule has 0 N–H and O–H groups in total. The van der Waals surface area contributed by atoms with Crippen LogP contribution < -0.4 is 4.90 Å². The highest BCUT2D eigenvalue weighted by atomic mass is 79.9. The Balaban J connectivity index is 1.52. The number of thiazole rings is 1. The van der Waals surface area contributed by atoms with Crippen LogP contribution in [0.5, 0.6) is 0 Å². The van der Waals surface area contributed by atoms with Gasteiger partial charge in [-0.25, -0.2) is 22.2 Å². The van der Waals surface area contributed by atoms with Crippen molar-refractivity contribution >= 4 is 81.6 Å². The maximum atomic E-state index is 14.6. The minimum absolute atomic E-state index is 0.101. The summed E-state index contributed by atoms with van der Waals surface area (Å²) < 4.78 is 55.1. The molecule has 1 aromatic heterocycles. The smallest absolute Gasteiger partial charge is 0.247 e. The molecule has 1 aliphatic rings. The van der Waals surface area contributed by atoms with Crippen LogP contribution in [0.15, 0.2) is 43.5 Å². The van der Waals surface area contributed by atoms with Gasteiger partial charge in [-0.1, -0.05) is 29.3 Å². The van der Waals surface area contributed by atoms with Gasteiger partial charge in [0.2, 0.25) is 10.0 Å². The van der Waals surface area contributed by atoms with E-state index in [1.165, 1.54) is 11.3 Å². The molecule has 0 atom stereocenters. The molecular weight excluding hydrogens is 635 g/mol. The molecule has 1 aliphatic heterocycles. The van der Waals surface area contributed by atoms with Crippen LogP contribution in [-0.4, -0.2) is 43.9 Å². The van der Waals surface area contributed by atoms with E-state index < -0.39 is 31.0 Å². The van der Waals surface area contributed by atoms with E-state index in [0.29, 0.717) is 23.1 Å². The molecule has 0 unspecified atom stereocenters. The van der Waals surface area contributed by atoms with Crippen molar-refractivity contribution in [3.8, 4) is 11.3 Å². The summed E-state index contributed by atoms with van der Waals surface area (Å²) in [4.78, 5) is 5.86. The lowest BCUT2D eigenvalue weighted by atomic mass is 10.2. The fourth-order valence-electron chi connectivity index (χ4n) is 3.22. The first-order chi connectivity index (χ1) is 15.1. The van der Waals surface area contributed by atoms with E-state index in [1.54, 1.807) is 12.1 Å². The van der Waals surface area contributed by atoms with Crippen LogP contribution >= 0.6 is 66.4 Å². The largest absolute Gasteiger partial charge is 0.345 e. The Morgan fingerprint density at radius 2 is 1.72 bits per heavy atom. The number of aromatic nitrogens is 1. The molecule has 1 fully saturated rings. The van der Waals surface area contributed by atoms with Gasteiger partial charge in [-0.3, -0.25) is 0 Å². The first kappa shape index (κ1) is 24.3. The highest BCUT2D eigenvalue weighted by Gasteiger charge is 2.35. The van der Waals surface area contributed by atoms with E-state index in [-0.39, 0.29) is 17.6 Å². The average molecular weight is 648 g/mol. The lowest BCUT2D eigenvalue weighted by Crippen LogP contribution is -2.48. The summed E-state index contributed by atoms with van der Waals surface area (Å²) in [6, 6.07) is 6.13. The molecular formula is C19H13Br2Cl2F2N3O2S2. The summed E-state index contributed by atoms with van der Waals surface area (Å²) in [5.41, 5.74) is 1.55. The van der Waals surface area contributed by atoms with E-state index in [2.05, 4.69) is 36.8 Å². The predicted octanol–water partition coefficient (Wildman–Crippen LogP) is 6.43. The number of hydrogen-bond acceptors (Lipinski definition) is 5. The van der Waals surface area contributed by atoms with Gasteiger partial charge in [-0.2, -0.15) is 4.31 Å². The third-order valence-corrected chi connectivity index (χ3v) is 10.1. The van der Waals surface area contributed by atoms with Crippen molar-refractivity contribution in [1.82, 2.24) is 9.29 Å². The molecule has 0 saturated carbocycles. The van der Waals surface area contributed by atoms with Crippen LogP contribution in [0.3, 0.4) is 0 Å². The maximum absolute atomic E-state index is 14.6. The Morgan fingerprint density at radius 1 is 1.03 bits per heavy atom. The monoisotopic (exact) mass is 645 g/mol. The summed E-state index contributed by atoms with van der Waals surface area (Å²) in [7, 11) is -4.25. The minimum Gasteiger partial charge on any atom is -0.345 e. The average Bonchev–Trinajstić information content (AvgIpc) is 3.25. The highest BCUT2D eigenvalue weighted by Crippen LogP contribution is 2.36. The molecule has 0 amide bonds. The number of piperazine rings is 1. The van der Waals surface area contributed by atoms with Gasteiger partial charge in [0.25, 0.3) is 0 Å². The summed E-state index contributed by atoms with van der Waals surface area (Å²) in [5, 5.41) is 3.50. The van der Waals surface area contributed by atoms with E-state index in [4.69, 9.17) is 23.2 Å². The fraction of sp³-hybridized carbons (Fsp3) is 0.211. The number of benzene rings is 2. The SMILES string of the molecule is O=S(=O)(c1c(F)c(Br)cc(F)c1Br)N1CCN(c2nc(-c3ccc(Cl)c(Cl)c3)cs2)CC1. The molecule has 3 aromatic rings. The third kappa shape index (κ3) is 4.57. The molecule has 0 bridgehead atoms. The number of rotatable bonds is 4. The fourth-order valence-corrected chi connectivity index (χ4v) is 7.41. The quantitative estimate of drug-likeness (QED) is 0.306. The molecule has 170 valence electrons. The Bertz CT molecular complexity index is 1270. The topological polar surface area (TPSA) is 53.5 Å². The Morgan fingerprint density at radius 3 is 2.38 bits per heavy atom. The van der Waals surface area contributed by atoms with Gasteiger partial charge >= 0.3 is 0 Å². The van der Waals surface area contributed by atoms with Gasteiger partial charge in [-0.05, 0) is 50.1 Å². The molecule has 1 saturated heterocycles. The molecule has 2 aromatic carbocycles. The Hall–Kier alpha value is -0.820. The molecule has 13 heteroatoms. The van der Waals surface area contributed by atoms with Gasteiger partial charge in [0, 0.05) is 37.1 Å². The number of nitrogens with zero attached hydrogens (tertiary/aromatic N) is 3. The second-order valence-electron chi connectivity index (χ2n) is 6.83. The molecule has 0 radical (unpaired) electrons. The van der Waals surface area contributed by atoms with Crippen molar-refractivity contribution in [3.63, 3.8) is 0 Å². The highest BCUT2D eigenvalue weighted by molar-refractivity contribution is 9.11. The van der Waals surface area contributed by atoms with Crippen molar-refractivity contribution in [1.29, 1.82) is 0 Å². The first-order valence-electron chi connectivity index (χ1n) is 9.08. The number of hydrogen-bond donors (Lipinski definition) is 0. The molecule has 0 aliphatic carbocycles. The molecule has 5 nitrogen and oxygen atoms in total. The van der Waals surface area contributed by atoms with E-state index >= 15 is 0 Å². The summed E-state index contributed by atoms with van der Waals surface area (Å²) in [5.74, 6) is -1.90. The minimum atomic E-state index is -4.25. The van der Waals surface area contributed by atoms with Crippen molar-refractivity contribution in [3.05, 3.63) is 60.3 Å². The Labute approximate surface area is 214 Å². The Kier molecular flexibility index (Phi) is 7.17. The van der Waals surface area contributed by atoms with Crippen LogP contribution in [0.25, 0.3) is 11.3 Å². The zero-order valence-electron chi connectivity index (χ0n) is 16.0. The third-order valence-electron chi connectivity index (χ3n) is 4.89. The van der Waals surface area contributed by atoms with E-state index in [0.717, 1.165) is 26.8 Å². The second kappa shape index (κ2) is 9.44. The van der Waals surface area contributed by atoms with Gasteiger partial charge in [0.05, 0.1) is 24.7 Å². The van der Waals surface area contributed by atoms with Crippen molar-refractivity contribution in [2.24, 2.45) is 0 Å². The summed E-state index contributed by atoms with van der Waals surface area (Å²) >= 11 is 19.2. The van der Waals surface area contributed by atoms with Crippen LogP contribution in [0.1, 0.15) is 0 Å². The normalized spacial score (nSPS) is 15.4. The lowest BCUT2D eigenvalue weighted by Gasteiger charge is -2.34. The zero-order valence-corrected chi connectivity index (χ0v) is 22.3. The number of anilines is 1. The van der Waals surface area contributed by atoms with Crippen LogP contribution in [0.2, 0.25) is 10.0 Å². The van der Waals surface area contributed by atoms with E-state index in [9.17, 15) is 17.2 Å². The van der Waals surface area contributed by atoms with Gasteiger partial charge in [0.15, 0.2) is 10.9 Å². The van der Waals surface area contributed by atoms with E-state index in [1.807, 2.05) is 16.3 Å². The predicted molar refractivity (Wildman–Crippen MR) is 130 cm³/mol. The standard InChI is InChI=1S/C19H13Br2Cl2F2N3O2S2/c20-11-8-14(24)16(21)18(17(11)25)32(29,30)28-5-3-27(4-6-28)19-26-15(9-31-19)10-1-2-12(22)13(23)7-10/h1-2,7-9H,3-6H2. The molecule has 4 rings (SSSR count). The summed E-state index contributed by atoms with van der Waals surface area (Å²) in [6.07, 6.45) is 0. The van der Waals surface area contributed by atoms with Gasteiger partial charge in [0.1, 0.15) is 10.7 Å². The molecule has 32 heavy (non-hydrogen) atoms. The van der Waals surface area contributed by atoms with Crippen LogP contribution in [0.4, 0.5) is 13.9 Å². The summed E-state index contributed by atoms with van der Waals surface area (Å²) in [6.45, 7) is 0.903.